The zero-order chi connectivity index (χ0) is 26.1. The Bertz CT molecular complexity index is 1080. The maximum atomic E-state index is 8.09. The topological polar surface area (TPSA) is 89.8 Å². The minimum Gasteiger partial charge on any atom is -0.473 e. The lowest BCUT2D eigenvalue weighted by atomic mass is 9.90. The van der Waals surface area contributed by atoms with Crippen LogP contribution in [-0.4, -0.2) is 39.3 Å². The van der Waals surface area contributed by atoms with Gasteiger partial charge < -0.3 is 9.47 Å². The maximum Gasteiger partial charge on any atom is 0.221 e. The molecule has 36 heavy (non-hydrogen) atoms. The number of ether oxygens (including phenoxy) is 2. The lowest BCUT2D eigenvalue weighted by Gasteiger charge is -2.26. The summed E-state index contributed by atoms with van der Waals surface area (Å²) in [5.74, 6) is 1.39. The van der Waals surface area contributed by atoms with Gasteiger partial charge in [0.15, 0.2) is 11.8 Å². The van der Waals surface area contributed by atoms with E-state index in [2.05, 4.69) is 12.1 Å². The van der Waals surface area contributed by atoms with Gasteiger partial charge in [0.1, 0.15) is 16.8 Å². The second-order valence-electron chi connectivity index (χ2n) is 11.3. The first kappa shape index (κ1) is 26.7. The fraction of sp³-hybridized carbons (Fsp3) is 0.593. The third kappa shape index (κ3) is 6.30. The average molecular weight is 515 g/mol. The van der Waals surface area contributed by atoms with Crippen LogP contribution < -0.4 is 9.96 Å². The summed E-state index contributed by atoms with van der Waals surface area (Å²) in [6.45, 7) is 13.9. The molecule has 8 nitrogen and oxygen atoms in total. The largest absolute Gasteiger partial charge is 0.473 e. The van der Waals surface area contributed by atoms with E-state index in [1.165, 1.54) is 5.23 Å². The predicted octanol–water partition coefficient (Wildman–Crippen LogP) is 6.06. The van der Waals surface area contributed by atoms with Crippen molar-refractivity contribution < 1.29 is 19.1 Å². The molecule has 196 valence electrons. The molecule has 2 aliphatic rings. The van der Waals surface area contributed by atoms with E-state index in [0.29, 0.717) is 11.0 Å². The fourth-order valence-electron chi connectivity index (χ4n) is 3.88. The van der Waals surface area contributed by atoms with Crippen molar-refractivity contribution in [3.05, 3.63) is 41.1 Å². The first-order valence-corrected chi connectivity index (χ1v) is 13.5. The molecule has 2 heterocycles. The van der Waals surface area contributed by atoms with Crippen molar-refractivity contribution in [2.45, 2.75) is 102 Å². The number of benzene rings is 1. The van der Waals surface area contributed by atoms with E-state index in [9.17, 15) is 0 Å². The number of nitrogens with zero attached hydrogens (tertiary/aromatic N) is 3. The monoisotopic (exact) mass is 514 g/mol. The van der Waals surface area contributed by atoms with Gasteiger partial charge in [-0.05, 0) is 91.8 Å². The van der Waals surface area contributed by atoms with Gasteiger partial charge in [-0.1, -0.05) is 23.9 Å². The van der Waals surface area contributed by atoms with Crippen molar-refractivity contribution >= 4 is 23.3 Å². The zero-order valence-corrected chi connectivity index (χ0v) is 23.3. The fourth-order valence-corrected chi connectivity index (χ4v) is 4.69. The highest BCUT2D eigenvalue weighted by Crippen LogP contribution is 2.40. The number of hydrogen-bond acceptors (Lipinski definition) is 9. The van der Waals surface area contributed by atoms with Crippen molar-refractivity contribution in [1.82, 2.24) is 9.97 Å². The van der Waals surface area contributed by atoms with Gasteiger partial charge in [-0.3, -0.25) is 5.41 Å². The Labute approximate surface area is 218 Å². The second-order valence-corrected chi connectivity index (χ2v) is 12.2. The van der Waals surface area contributed by atoms with Crippen LogP contribution in [0.4, 0.5) is 5.69 Å². The molecule has 1 aromatic heterocycles. The van der Waals surface area contributed by atoms with Gasteiger partial charge in [-0.25, -0.2) is 14.7 Å². The number of anilines is 1. The van der Waals surface area contributed by atoms with Crippen molar-refractivity contribution in [2.24, 2.45) is 0 Å². The van der Waals surface area contributed by atoms with E-state index in [4.69, 9.17) is 34.5 Å². The molecule has 9 heteroatoms. The highest BCUT2D eigenvalue weighted by atomic mass is 32.2. The van der Waals surface area contributed by atoms with Crippen LogP contribution >= 0.6 is 11.8 Å². The lowest BCUT2D eigenvalue weighted by molar-refractivity contribution is -0.0273. The Morgan fingerprint density at radius 1 is 1.03 bits per heavy atom. The molecule has 0 atom stereocenters. The molecule has 1 aromatic carbocycles. The van der Waals surface area contributed by atoms with Gasteiger partial charge in [0.2, 0.25) is 11.8 Å². The Balaban J connectivity index is 1.41. The zero-order valence-electron chi connectivity index (χ0n) is 22.4. The molecule has 0 bridgehead atoms. The molecule has 0 spiro atoms. The summed E-state index contributed by atoms with van der Waals surface area (Å²) in [6.07, 6.45) is 4.04. The van der Waals surface area contributed by atoms with Crippen molar-refractivity contribution in [2.75, 3.05) is 11.8 Å². The van der Waals surface area contributed by atoms with Crippen molar-refractivity contribution in [1.29, 1.82) is 5.41 Å². The third-order valence-corrected chi connectivity index (χ3v) is 7.40. The number of hydrogen-bond donors (Lipinski definition) is 1. The van der Waals surface area contributed by atoms with Gasteiger partial charge in [-0.2, -0.15) is 4.98 Å². The second kappa shape index (κ2) is 10.2. The summed E-state index contributed by atoms with van der Waals surface area (Å²) in [6, 6.07) is 8.12. The van der Waals surface area contributed by atoms with E-state index >= 15 is 0 Å². The number of thioether (sulfide) groups is 1. The van der Waals surface area contributed by atoms with Crippen LogP contribution in [0.15, 0.2) is 29.4 Å². The molecule has 0 radical (unpaired) electrons. The Hall–Kier alpha value is -2.36. The summed E-state index contributed by atoms with van der Waals surface area (Å²) in [5.41, 5.74) is 2.83. The number of aromatic nitrogens is 2. The van der Waals surface area contributed by atoms with Crippen LogP contribution in [0, 0.1) is 5.41 Å². The van der Waals surface area contributed by atoms with Crippen LogP contribution in [0.25, 0.3) is 0 Å². The van der Waals surface area contributed by atoms with E-state index in [1.54, 1.807) is 11.8 Å². The normalized spacial score (nSPS) is 18.6. The van der Waals surface area contributed by atoms with Gasteiger partial charge in [0.05, 0.1) is 11.4 Å². The van der Waals surface area contributed by atoms with E-state index in [0.717, 1.165) is 53.9 Å². The first-order chi connectivity index (χ1) is 16.8. The molecule has 1 aliphatic carbocycles. The number of aryl methyl sites for hydroxylation is 1. The summed E-state index contributed by atoms with van der Waals surface area (Å²) >= 11 is 1.58. The standard InChI is InChI=1S/C27H38N4O4S/c1-25(2,3)33-22(28)16-32-23-20-10-8-9-11-21(20)29-24(30-23)36-17-18-12-14-19(15-13-18)31-34-26(4,5)27(6,7)35-31/h12-15,28H,8-11,16-17H2,1-7H3. The smallest absolute Gasteiger partial charge is 0.221 e. The lowest BCUT2D eigenvalue weighted by Crippen LogP contribution is -2.41. The van der Waals surface area contributed by atoms with Crippen LogP contribution in [0.5, 0.6) is 5.88 Å². The van der Waals surface area contributed by atoms with Gasteiger partial charge >= 0.3 is 0 Å². The molecule has 4 rings (SSSR count). The summed E-state index contributed by atoms with van der Waals surface area (Å²) < 4.78 is 11.6. The van der Waals surface area contributed by atoms with Crippen molar-refractivity contribution in [3.8, 4) is 5.88 Å². The summed E-state index contributed by atoms with van der Waals surface area (Å²) in [5, 5.41) is 10.3. The quantitative estimate of drug-likeness (QED) is 0.206. The number of rotatable bonds is 7. The van der Waals surface area contributed by atoms with Crippen LogP contribution in [0.1, 0.15) is 78.1 Å². The van der Waals surface area contributed by atoms with E-state index in [-0.39, 0.29) is 12.5 Å². The molecule has 1 N–H and O–H groups in total. The Kier molecular flexibility index (Phi) is 7.55. The Morgan fingerprint density at radius 2 is 1.67 bits per heavy atom. The molecular weight excluding hydrogens is 476 g/mol. The molecule has 1 fully saturated rings. The highest BCUT2D eigenvalue weighted by Gasteiger charge is 2.50. The molecule has 2 aromatic rings. The molecule has 0 unspecified atom stereocenters. The Morgan fingerprint density at radius 3 is 2.31 bits per heavy atom. The first-order valence-electron chi connectivity index (χ1n) is 12.5. The SMILES string of the molecule is CC(C)(C)OC(=N)COc1nc(SCc2ccc(N3OC(C)(C)C(C)(C)O3)cc2)nc2c1CCCC2. The maximum absolute atomic E-state index is 8.09. The summed E-state index contributed by atoms with van der Waals surface area (Å²) in [4.78, 5) is 21.5. The third-order valence-electron chi connectivity index (χ3n) is 6.48. The molecule has 0 amide bonds. The number of fused-ring (bicyclic) bond motifs is 1. The van der Waals surface area contributed by atoms with Gasteiger partial charge in [0, 0.05) is 11.3 Å². The molecule has 0 saturated carbocycles. The van der Waals surface area contributed by atoms with Gasteiger partial charge in [0.25, 0.3) is 0 Å². The van der Waals surface area contributed by atoms with Crippen LogP contribution in [-0.2, 0) is 33.0 Å². The van der Waals surface area contributed by atoms with Gasteiger partial charge in [-0.15, -0.1) is 5.23 Å². The molecular formula is C27H38N4O4S. The van der Waals surface area contributed by atoms with E-state index < -0.39 is 16.8 Å². The van der Waals surface area contributed by atoms with Crippen LogP contribution in [0.2, 0.25) is 0 Å². The minimum atomic E-state index is -0.429. The molecule has 1 aliphatic heterocycles. The number of nitrogens with one attached hydrogen (secondary N) is 1. The van der Waals surface area contributed by atoms with Crippen LogP contribution in [0.3, 0.4) is 0 Å². The predicted molar refractivity (Wildman–Crippen MR) is 142 cm³/mol. The minimum absolute atomic E-state index is 0.0561. The van der Waals surface area contributed by atoms with E-state index in [1.807, 2.05) is 60.6 Å². The average Bonchev–Trinajstić information content (AvgIpc) is 3.02. The highest BCUT2D eigenvalue weighted by molar-refractivity contribution is 7.98. The molecule has 1 saturated heterocycles. The van der Waals surface area contributed by atoms with Crippen molar-refractivity contribution in [3.63, 3.8) is 0 Å². The summed E-state index contributed by atoms with van der Waals surface area (Å²) in [7, 11) is 0.